The van der Waals surface area contributed by atoms with Crippen molar-refractivity contribution >= 4 is 11.9 Å². The van der Waals surface area contributed by atoms with E-state index in [-0.39, 0.29) is 17.8 Å². The molecule has 1 atom stereocenters. The fraction of sp³-hybridized carbons (Fsp3) is 0.500. The second-order valence-electron chi connectivity index (χ2n) is 3.23. The molecule has 1 amide bonds. The summed E-state index contributed by atoms with van der Waals surface area (Å²) in [4.78, 5) is 15.2. The van der Waals surface area contributed by atoms with E-state index in [1.165, 1.54) is 12.4 Å². The van der Waals surface area contributed by atoms with Crippen LogP contribution in [-0.4, -0.2) is 27.1 Å². The fourth-order valence-electron chi connectivity index (χ4n) is 0.801. The minimum absolute atomic E-state index is 0.0756. The number of amides is 1. The van der Waals surface area contributed by atoms with Gasteiger partial charge < -0.3 is 5.73 Å². The number of carbonyl (C=O) groups is 1. The minimum atomic E-state index is -0.557. The van der Waals surface area contributed by atoms with Crippen LogP contribution in [-0.2, 0) is 4.79 Å². The predicted molar refractivity (Wildman–Crippen MR) is 51.3 cm³/mol. The van der Waals surface area contributed by atoms with Crippen molar-refractivity contribution in [1.29, 1.82) is 0 Å². The number of anilines is 1. The van der Waals surface area contributed by atoms with Gasteiger partial charge in [0.25, 0.3) is 0 Å². The molecule has 14 heavy (non-hydrogen) atoms. The van der Waals surface area contributed by atoms with Crippen LogP contribution < -0.4 is 11.1 Å². The summed E-state index contributed by atoms with van der Waals surface area (Å²) in [6.07, 6.45) is 2.88. The lowest BCUT2D eigenvalue weighted by atomic mass is 10.1. The van der Waals surface area contributed by atoms with Gasteiger partial charge in [0, 0.05) is 0 Å². The number of carbonyl (C=O) groups excluding carboxylic acids is 1. The number of nitrogens with two attached hydrogens (primary N) is 1. The standard InChI is InChI=1S/C8H13N5O/c1-5(2)6(9)7(14)12-8-10-3-4-11-13-8/h3-6H,9H2,1-2H3,(H,10,12,13,14)/t6-/m1/s1. The molecule has 1 aromatic rings. The smallest absolute Gasteiger partial charge is 0.249 e. The monoisotopic (exact) mass is 195 g/mol. The van der Waals surface area contributed by atoms with E-state index in [4.69, 9.17) is 5.73 Å². The van der Waals surface area contributed by atoms with E-state index in [1.54, 1.807) is 0 Å². The van der Waals surface area contributed by atoms with E-state index in [2.05, 4.69) is 20.5 Å². The third-order valence-electron chi connectivity index (χ3n) is 1.74. The summed E-state index contributed by atoms with van der Waals surface area (Å²) >= 11 is 0. The molecular weight excluding hydrogens is 182 g/mol. The maximum absolute atomic E-state index is 11.4. The van der Waals surface area contributed by atoms with Crippen molar-refractivity contribution in [1.82, 2.24) is 15.2 Å². The number of rotatable bonds is 3. The lowest BCUT2D eigenvalue weighted by molar-refractivity contribution is -0.118. The predicted octanol–water partition coefficient (Wildman–Crippen LogP) is -0.207. The van der Waals surface area contributed by atoms with Gasteiger partial charge in [-0.1, -0.05) is 13.8 Å². The van der Waals surface area contributed by atoms with Crippen LogP contribution in [0.5, 0.6) is 0 Å². The first-order chi connectivity index (χ1) is 6.61. The van der Waals surface area contributed by atoms with Crippen LogP contribution in [0.1, 0.15) is 13.8 Å². The molecule has 1 heterocycles. The van der Waals surface area contributed by atoms with Crippen LogP contribution in [0.25, 0.3) is 0 Å². The first-order valence-corrected chi connectivity index (χ1v) is 4.31. The van der Waals surface area contributed by atoms with Gasteiger partial charge in [0.1, 0.15) is 0 Å². The summed E-state index contributed by atoms with van der Waals surface area (Å²) in [5, 5.41) is 9.66. The first-order valence-electron chi connectivity index (χ1n) is 4.31. The zero-order valence-electron chi connectivity index (χ0n) is 8.14. The molecule has 6 heteroatoms. The highest BCUT2D eigenvalue weighted by molar-refractivity contribution is 5.93. The lowest BCUT2D eigenvalue weighted by Gasteiger charge is -2.13. The minimum Gasteiger partial charge on any atom is -0.320 e. The lowest BCUT2D eigenvalue weighted by Crippen LogP contribution is -2.40. The summed E-state index contributed by atoms with van der Waals surface area (Å²) < 4.78 is 0. The van der Waals surface area contributed by atoms with Crippen molar-refractivity contribution in [3.63, 3.8) is 0 Å². The molecule has 0 radical (unpaired) electrons. The topological polar surface area (TPSA) is 93.8 Å². The summed E-state index contributed by atoms with van der Waals surface area (Å²) in [5.41, 5.74) is 5.62. The quantitative estimate of drug-likeness (QED) is 0.696. The third-order valence-corrected chi connectivity index (χ3v) is 1.74. The van der Waals surface area contributed by atoms with Crippen molar-refractivity contribution in [2.75, 3.05) is 5.32 Å². The molecule has 0 bridgehead atoms. The van der Waals surface area contributed by atoms with Gasteiger partial charge in [-0.2, -0.15) is 5.10 Å². The highest BCUT2D eigenvalue weighted by Crippen LogP contribution is 2.01. The molecule has 0 fully saturated rings. The van der Waals surface area contributed by atoms with Crippen LogP contribution in [0.3, 0.4) is 0 Å². The van der Waals surface area contributed by atoms with Crippen LogP contribution >= 0.6 is 0 Å². The van der Waals surface area contributed by atoms with Crippen LogP contribution in [0, 0.1) is 5.92 Å². The molecule has 0 aliphatic rings. The van der Waals surface area contributed by atoms with Crippen LogP contribution in [0.4, 0.5) is 5.95 Å². The Hall–Kier alpha value is -1.56. The average molecular weight is 195 g/mol. The molecule has 0 saturated carbocycles. The number of nitrogens with zero attached hydrogens (tertiary/aromatic N) is 3. The van der Waals surface area contributed by atoms with Gasteiger partial charge in [-0.15, -0.1) is 5.10 Å². The van der Waals surface area contributed by atoms with E-state index >= 15 is 0 Å². The summed E-state index contributed by atoms with van der Waals surface area (Å²) in [5.74, 6) is -0.0479. The Balaban J connectivity index is 2.58. The molecule has 1 rings (SSSR count). The van der Waals surface area contributed by atoms with E-state index in [1.807, 2.05) is 13.8 Å². The molecule has 3 N–H and O–H groups in total. The molecule has 0 spiro atoms. The van der Waals surface area contributed by atoms with Gasteiger partial charge in [0.2, 0.25) is 11.9 Å². The summed E-state index contributed by atoms with van der Waals surface area (Å²) in [7, 11) is 0. The Bertz CT molecular complexity index is 300. The average Bonchev–Trinajstić information content (AvgIpc) is 2.18. The normalized spacial score (nSPS) is 12.6. The van der Waals surface area contributed by atoms with Crippen molar-refractivity contribution in [2.24, 2.45) is 11.7 Å². The Morgan fingerprint density at radius 1 is 1.50 bits per heavy atom. The SMILES string of the molecule is CC(C)[C@@H](N)C(=O)Nc1nccnn1. The van der Waals surface area contributed by atoms with Crippen molar-refractivity contribution in [3.8, 4) is 0 Å². The van der Waals surface area contributed by atoms with Crippen molar-refractivity contribution in [3.05, 3.63) is 12.4 Å². The molecular formula is C8H13N5O. The van der Waals surface area contributed by atoms with Gasteiger partial charge in [-0.25, -0.2) is 4.98 Å². The molecule has 0 aromatic carbocycles. The second-order valence-corrected chi connectivity index (χ2v) is 3.23. The molecule has 6 nitrogen and oxygen atoms in total. The third kappa shape index (κ3) is 2.74. The number of aromatic nitrogens is 3. The number of hydrogen-bond acceptors (Lipinski definition) is 5. The highest BCUT2D eigenvalue weighted by Gasteiger charge is 2.17. The zero-order chi connectivity index (χ0) is 10.6. The van der Waals surface area contributed by atoms with Crippen LogP contribution in [0.15, 0.2) is 12.4 Å². The highest BCUT2D eigenvalue weighted by atomic mass is 16.2. The van der Waals surface area contributed by atoms with Crippen LogP contribution in [0.2, 0.25) is 0 Å². The summed E-state index contributed by atoms with van der Waals surface area (Å²) in [6.45, 7) is 3.74. The second kappa shape index (κ2) is 4.61. The Morgan fingerprint density at radius 3 is 2.71 bits per heavy atom. The van der Waals surface area contributed by atoms with Gasteiger partial charge >= 0.3 is 0 Å². The molecule has 76 valence electrons. The first kappa shape index (κ1) is 10.5. The van der Waals surface area contributed by atoms with Gasteiger partial charge in [-0.3, -0.25) is 10.1 Å². The fourth-order valence-corrected chi connectivity index (χ4v) is 0.801. The Morgan fingerprint density at radius 2 is 2.21 bits per heavy atom. The largest absolute Gasteiger partial charge is 0.320 e. The maximum atomic E-state index is 11.4. The molecule has 0 saturated heterocycles. The van der Waals surface area contributed by atoms with Gasteiger partial charge in [0.05, 0.1) is 18.4 Å². The molecule has 0 unspecified atom stereocenters. The van der Waals surface area contributed by atoms with E-state index < -0.39 is 6.04 Å². The molecule has 0 aliphatic carbocycles. The summed E-state index contributed by atoms with van der Waals surface area (Å²) in [6, 6.07) is -0.557. The van der Waals surface area contributed by atoms with E-state index in [0.717, 1.165) is 0 Å². The Kier molecular flexibility index (Phi) is 3.47. The number of nitrogens with one attached hydrogen (secondary N) is 1. The van der Waals surface area contributed by atoms with Crippen molar-refractivity contribution in [2.45, 2.75) is 19.9 Å². The van der Waals surface area contributed by atoms with Gasteiger partial charge in [0.15, 0.2) is 0 Å². The zero-order valence-corrected chi connectivity index (χ0v) is 8.14. The number of hydrogen-bond donors (Lipinski definition) is 2. The maximum Gasteiger partial charge on any atom is 0.249 e. The van der Waals surface area contributed by atoms with Crippen molar-refractivity contribution < 1.29 is 4.79 Å². The van der Waals surface area contributed by atoms with E-state index in [9.17, 15) is 4.79 Å². The molecule has 0 aliphatic heterocycles. The van der Waals surface area contributed by atoms with E-state index in [0.29, 0.717) is 0 Å². The Labute approximate surface area is 81.9 Å². The van der Waals surface area contributed by atoms with Gasteiger partial charge in [-0.05, 0) is 5.92 Å². The molecule has 1 aromatic heterocycles.